The Bertz CT molecular complexity index is 175. The van der Waals surface area contributed by atoms with E-state index in [4.69, 9.17) is 17.0 Å². The summed E-state index contributed by atoms with van der Waals surface area (Å²) in [7, 11) is 3.28. The lowest BCUT2D eigenvalue weighted by Crippen LogP contribution is -2.41. The van der Waals surface area contributed by atoms with E-state index >= 15 is 0 Å². The van der Waals surface area contributed by atoms with Crippen LogP contribution in [0.1, 0.15) is 0 Å². The highest BCUT2D eigenvalue weighted by molar-refractivity contribution is 7.80. The first-order valence-electron chi connectivity index (χ1n) is 3.92. The van der Waals surface area contributed by atoms with Crippen LogP contribution in [0.15, 0.2) is 0 Å². The first kappa shape index (κ1) is 12.1. The van der Waals surface area contributed by atoms with E-state index in [0.29, 0.717) is 18.3 Å². The highest BCUT2D eigenvalue weighted by Gasteiger charge is 1.99. The average molecular weight is 205 g/mol. The highest BCUT2D eigenvalue weighted by Crippen LogP contribution is 1.68. The van der Waals surface area contributed by atoms with E-state index in [1.807, 2.05) is 0 Å². The van der Waals surface area contributed by atoms with Crippen molar-refractivity contribution in [3.8, 4) is 0 Å². The molecular formula is C7H15N3O2S. The summed E-state index contributed by atoms with van der Waals surface area (Å²) in [5.41, 5.74) is 0. The van der Waals surface area contributed by atoms with E-state index in [9.17, 15) is 4.79 Å². The van der Waals surface area contributed by atoms with Gasteiger partial charge >= 0.3 is 0 Å². The fraction of sp³-hybridized carbons (Fsp3) is 0.714. The summed E-state index contributed by atoms with van der Waals surface area (Å²) in [5, 5.41) is 8.54. The fourth-order valence-electron chi connectivity index (χ4n) is 0.604. The quantitative estimate of drug-likeness (QED) is 0.390. The minimum Gasteiger partial charge on any atom is -0.383 e. The van der Waals surface area contributed by atoms with Crippen LogP contribution in [-0.4, -0.2) is 44.9 Å². The van der Waals surface area contributed by atoms with Gasteiger partial charge in [0.25, 0.3) is 0 Å². The van der Waals surface area contributed by atoms with E-state index < -0.39 is 0 Å². The lowest BCUT2D eigenvalue weighted by Gasteiger charge is -2.07. The van der Waals surface area contributed by atoms with Gasteiger partial charge in [0, 0.05) is 20.7 Å². The molecule has 0 aromatic carbocycles. The molecule has 0 aliphatic rings. The molecule has 0 unspecified atom stereocenters. The zero-order valence-corrected chi connectivity index (χ0v) is 8.66. The van der Waals surface area contributed by atoms with Gasteiger partial charge in [-0.05, 0) is 12.2 Å². The number of carbonyl (C=O) groups is 1. The molecule has 0 radical (unpaired) electrons. The molecule has 5 nitrogen and oxygen atoms in total. The molecule has 0 bridgehead atoms. The standard InChI is InChI=1S/C7H15N3O2S/c1-8-7(13)10-5-6(11)9-3-4-12-2/h3-5H2,1-2H3,(H,9,11)(H2,8,10,13). The lowest BCUT2D eigenvalue weighted by molar-refractivity contribution is -0.120. The lowest BCUT2D eigenvalue weighted by atomic mass is 10.5. The number of amides is 1. The maximum absolute atomic E-state index is 11.0. The highest BCUT2D eigenvalue weighted by atomic mass is 32.1. The molecule has 0 aliphatic carbocycles. The summed E-state index contributed by atoms with van der Waals surface area (Å²) in [5.74, 6) is -0.102. The van der Waals surface area contributed by atoms with Gasteiger partial charge < -0.3 is 20.7 Å². The van der Waals surface area contributed by atoms with Gasteiger partial charge in [-0.2, -0.15) is 0 Å². The van der Waals surface area contributed by atoms with Crippen molar-refractivity contribution in [3.05, 3.63) is 0 Å². The van der Waals surface area contributed by atoms with Gasteiger partial charge in [0.1, 0.15) is 0 Å². The van der Waals surface area contributed by atoms with Gasteiger partial charge in [-0.25, -0.2) is 0 Å². The van der Waals surface area contributed by atoms with E-state index in [1.54, 1.807) is 14.2 Å². The van der Waals surface area contributed by atoms with E-state index in [2.05, 4.69) is 16.0 Å². The Hall–Kier alpha value is -0.880. The van der Waals surface area contributed by atoms with Crippen molar-refractivity contribution in [2.75, 3.05) is 33.9 Å². The Morgan fingerprint density at radius 1 is 1.46 bits per heavy atom. The maximum atomic E-state index is 11.0. The van der Waals surface area contributed by atoms with Crippen LogP contribution in [0, 0.1) is 0 Å². The molecule has 0 aliphatic heterocycles. The van der Waals surface area contributed by atoms with Gasteiger partial charge in [-0.1, -0.05) is 0 Å². The summed E-state index contributed by atoms with van der Waals surface area (Å²) in [6, 6.07) is 0. The first-order chi connectivity index (χ1) is 6.20. The number of hydrogen-bond donors (Lipinski definition) is 3. The number of hydrogen-bond acceptors (Lipinski definition) is 3. The molecule has 0 saturated carbocycles. The summed E-state index contributed by atoms with van der Waals surface area (Å²) < 4.78 is 4.77. The second kappa shape index (κ2) is 7.75. The molecule has 0 aromatic heterocycles. The van der Waals surface area contributed by atoms with E-state index in [-0.39, 0.29) is 12.5 Å². The second-order valence-corrected chi connectivity index (χ2v) is 2.68. The van der Waals surface area contributed by atoms with Gasteiger partial charge in [0.2, 0.25) is 5.91 Å². The van der Waals surface area contributed by atoms with Crippen molar-refractivity contribution in [2.24, 2.45) is 0 Å². The molecule has 0 fully saturated rings. The van der Waals surface area contributed by atoms with Crippen LogP contribution in [0.5, 0.6) is 0 Å². The van der Waals surface area contributed by atoms with Gasteiger partial charge in [0.15, 0.2) is 5.11 Å². The summed E-state index contributed by atoms with van der Waals surface area (Å²) in [6.45, 7) is 1.22. The van der Waals surface area contributed by atoms with Crippen LogP contribution in [0.4, 0.5) is 0 Å². The molecule has 0 rings (SSSR count). The van der Waals surface area contributed by atoms with Crippen LogP contribution >= 0.6 is 12.2 Å². The molecule has 0 aromatic rings. The minimum atomic E-state index is -0.102. The zero-order valence-electron chi connectivity index (χ0n) is 7.85. The molecule has 0 spiro atoms. The normalized spacial score (nSPS) is 9.08. The van der Waals surface area contributed by atoms with Crippen LogP contribution < -0.4 is 16.0 Å². The monoisotopic (exact) mass is 205 g/mol. The maximum Gasteiger partial charge on any atom is 0.239 e. The van der Waals surface area contributed by atoms with Gasteiger partial charge in [0.05, 0.1) is 13.2 Å². The Morgan fingerprint density at radius 2 is 2.15 bits per heavy atom. The predicted octanol–water partition coefficient (Wildman–Crippen LogP) is -1.16. The smallest absolute Gasteiger partial charge is 0.239 e. The number of rotatable bonds is 5. The molecule has 1 amide bonds. The molecule has 6 heteroatoms. The summed E-state index contributed by atoms with van der Waals surface area (Å²) >= 11 is 4.78. The largest absolute Gasteiger partial charge is 0.383 e. The Balaban J connectivity index is 3.35. The van der Waals surface area contributed by atoms with Crippen LogP contribution in [0.25, 0.3) is 0 Å². The molecular weight excluding hydrogens is 190 g/mol. The van der Waals surface area contributed by atoms with Crippen LogP contribution in [0.3, 0.4) is 0 Å². The molecule has 0 heterocycles. The molecule has 3 N–H and O–H groups in total. The van der Waals surface area contributed by atoms with Gasteiger partial charge in [-0.15, -0.1) is 0 Å². The molecule has 0 atom stereocenters. The zero-order chi connectivity index (χ0) is 10.1. The molecule has 0 saturated heterocycles. The topological polar surface area (TPSA) is 62.4 Å². The third kappa shape index (κ3) is 7.48. The molecule has 76 valence electrons. The Kier molecular flexibility index (Phi) is 7.23. The van der Waals surface area contributed by atoms with Gasteiger partial charge in [-0.3, -0.25) is 4.79 Å². The van der Waals surface area contributed by atoms with Crippen molar-refractivity contribution >= 4 is 23.2 Å². The summed E-state index contributed by atoms with van der Waals surface area (Å²) in [4.78, 5) is 11.0. The van der Waals surface area contributed by atoms with E-state index in [1.165, 1.54) is 0 Å². The van der Waals surface area contributed by atoms with Crippen molar-refractivity contribution in [1.29, 1.82) is 0 Å². The van der Waals surface area contributed by atoms with Crippen molar-refractivity contribution < 1.29 is 9.53 Å². The van der Waals surface area contributed by atoms with Crippen molar-refractivity contribution in [1.82, 2.24) is 16.0 Å². The first-order valence-corrected chi connectivity index (χ1v) is 4.32. The number of carbonyl (C=O) groups excluding carboxylic acids is 1. The number of thiocarbonyl (C=S) groups is 1. The van der Waals surface area contributed by atoms with E-state index in [0.717, 1.165) is 0 Å². The SMILES string of the molecule is CNC(=S)NCC(=O)NCCOC. The third-order valence-corrected chi connectivity index (χ3v) is 1.61. The number of ether oxygens (including phenoxy) is 1. The fourth-order valence-corrected chi connectivity index (χ4v) is 0.676. The third-order valence-electron chi connectivity index (χ3n) is 1.26. The Morgan fingerprint density at radius 3 is 2.69 bits per heavy atom. The summed E-state index contributed by atoms with van der Waals surface area (Å²) in [6.07, 6.45) is 0. The number of methoxy groups -OCH3 is 1. The average Bonchev–Trinajstić information content (AvgIpc) is 2.14. The van der Waals surface area contributed by atoms with Crippen molar-refractivity contribution in [3.63, 3.8) is 0 Å². The Labute approximate surface area is 83.2 Å². The number of nitrogens with one attached hydrogen (secondary N) is 3. The van der Waals surface area contributed by atoms with Crippen LogP contribution in [0.2, 0.25) is 0 Å². The molecule has 13 heavy (non-hydrogen) atoms. The minimum absolute atomic E-state index is 0.102. The van der Waals surface area contributed by atoms with Crippen LogP contribution in [-0.2, 0) is 9.53 Å². The predicted molar refractivity (Wildman–Crippen MR) is 54.5 cm³/mol. The second-order valence-electron chi connectivity index (χ2n) is 2.28. The van der Waals surface area contributed by atoms with Crippen molar-refractivity contribution in [2.45, 2.75) is 0 Å².